The fourth-order valence-electron chi connectivity index (χ4n) is 2.68. The van der Waals surface area contributed by atoms with Crippen molar-refractivity contribution in [3.8, 4) is 0 Å². The second kappa shape index (κ2) is 4.40. The van der Waals surface area contributed by atoms with Crippen LogP contribution in [0.4, 0.5) is 0 Å². The highest BCUT2D eigenvalue weighted by molar-refractivity contribution is 5.22. The zero-order chi connectivity index (χ0) is 11.8. The topological polar surface area (TPSA) is 62.3 Å². The van der Waals surface area contributed by atoms with E-state index in [2.05, 4.69) is 11.6 Å². The maximum absolute atomic E-state index is 5.98. The Kier molecular flexibility index (Phi) is 2.90. The molecule has 0 aromatic carbocycles. The van der Waals surface area contributed by atoms with Gasteiger partial charge in [-0.05, 0) is 12.8 Å². The van der Waals surface area contributed by atoms with E-state index in [0.717, 1.165) is 30.8 Å². The van der Waals surface area contributed by atoms with E-state index >= 15 is 0 Å². The summed E-state index contributed by atoms with van der Waals surface area (Å²) in [5, 5.41) is 0. The molecule has 1 saturated heterocycles. The highest BCUT2D eigenvalue weighted by Gasteiger charge is 2.27. The van der Waals surface area contributed by atoms with E-state index < -0.39 is 0 Å². The molecule has 1 aromatic heterocycles. The van der Waals surface area contributed by atoms with E-state index in [1.54, 1.807) is 0 Å². The fraction of sp³-hybridized carbons (Fsp3) is 0.750. The molecule has 5 heteroatoms. The molecule has 5 nitrogen and oxygen atoms in total. The molecular weight excluding hydrogens is 218 g/mol. The third-order valence-corrected chi connectivity index (χ3v) is 3.64. The normalized spacial score (nSPS) is 29.1. The van der Waals surface area contributed by atoms with Gasteiger partial charge < -0.3 is 19.8 Å². The fourth-order valence-corrected chi connectivity index (χ4v) is 2.68. The average molecular weight is 237 g/mol. The Labute approximate surface area is 101 Å². The van der Waals surface area contributed by atoms with Crippen LogP contribution in [0, 0.1) is 0 Å². The molecule has 2 aliphatic rings. The van der Waals surface area contributed by atoms with Crippen LogP contribution in [0.25, 0.3) is 0 Å². The lowest BCUT2D eigenvalue weighted by Gasteiger charge is -2.22. The smallest absolute Gasteiger partial charge is 0.140 e. The summed E-state index contributed by atoms with van der Waals surface area (Å²) in [6, 6.07) is 0.258. The minimum Gasteiger partial charge on any atom is -0.376 e. The third kappa shape index (κ3) is 1.99. The van der Waals surface area contributed by atoms with Crippen molar-refractivity contribution < 1.29 is 9.47 Å². The molecule has 1 fully saturated rings. The molecule has 3 rings (SSSR count). The van der Waals surface area contributed by atoms with E-state index in [1.165, 1.54) is 5.69 Å². The van der Waals surface area contributed by atoms with Crippen molar-refractivity contribution in [2.24, 2.45) is 12.8 Å². The van der Waals surface area contributed by atoms with Crippen LogP contribution in [0.1, 0.15) is 29.7 Å². The highest BCUT2D eigenvalue weighted by atomic mass is 16.6. The number of aromatic nitrogens is 2. The third-order valence-electron chi connectivity index (χ3n) is 3.64. The summed E-state index contributed by atoms with van der Waals surface area (Å²) in [7, 11) is 2.07. The van der Waals surface area contributed by atoms with Gasteiger partial charge >= 0.3 is 0 Å². The second-order valence-corrected chi connectivity index (χ2v) is 4.86. The first-order valence-corrected chi connectivity index (χ1v) is 6.25. The van der Waals surface area contributed by atoms with Gasteiger partial charge in [0.05, 0.1) is 25.5 Å². The van der Waals surface area contributed by atoms with Crippen LogP contribution in [-0.4, -0.2) is 35.4 Å². The first-order valence-electron chi connectivity index (χ1n) is 6.25. The van der Waals surface area contributed by atoms with Crippen LogP contribution in [0.3, 0.4) is 0 Å². The average Bonchev–Trinajstić information content (AvgIpc) is 2.67. The summed E-state index contributed by atoms with van der Waals surface area (Å²) in [6.45, 7) is 1.95. The molecule has 0 amide bonds. The van der Waals surface area contributed by atoms with Crippen LogP contribution < -0.4 is 5.73 Å². The maximum Gasteiger partial charge on any atom is 0.140 e. The Balaban J connectivity index is 1.90. The molecule has 1 aliphatic heterocycles. The first kappa shape index (κ1) is 11.2. The van der Waals surface area contributed by atoms with Crippen LogP contribution in [-0.2, 0) is 29.4 Å². The summed E-state index contributed by atoms with van der Waals surface area (Å²) >= 11 is 0. The Morgan fingerprint density at radius 2 is 2.29 bits per heavy atom. The van der Waals surface area contributed by atoms with Gasteiger partial charge in [0, 0.05) is 25.2 Å². The number of nitrogens with two attached hydrogens (primary N) is 1. The Morgan fingerprint density at radius 3 is 3.06 bits per heavy atom. The van der Waals surface area contributed by atoms with Gasteiger partial charge in [-0.25, -0.2) is 4.98 Å². The predicted octanol–water partition coefficient (Wildman–Crippen LogP) is 0.324. The predicted molar refractivity (Wildman–Crippen MR) is 62.7 cm³/mol. The van der Waals surface area contributed by atoms with Gasteiger partial charge in [0.1, 0.15) is 11.9 Å². The van der Waals surface area contributed by atoms with Crippen molar-refractivity contribution in [3.05, 3.63) is 17.2 Å². The van der Waals surface area contributed by atoms with Crippen LogP contribution >= 0.6 is 0 Å². The first-order chi connectivity index (χ1) is 8.25. The van der Waals surface area contributed by atoms with Gasteiger partial charge in [0.2, 0.25) is 0 Å². The zero-order valence-electron chi connectivity index (χ0n) is 10.2. The van der Waals surface area contributed by atoms with Crippen LogP contribution in [0.15, 0.2) is 0 Å². The van der Waals surface area contributed by atoms with Crippen molar-refractivity contribution in [1.29, 1.82) is 0 Å². The minimum absolute atomic E-state index is 0.0180. The maximum atomic E-state index is 5.98. The van der Waals surface area contributed by atoms with Crippen molar-refractivity contribution in [2.75, 3.05) is 19.8 Å². The molecule has 0 bridgehead atoms. The molecule has 1 aromatic rings. The second-order valence-electron chi connectivity index (χ2n) is 4.86. The van der Waals surface area contributed by atoms with Crippen molar-refractivity contribution in [1.82, 2.24) is 9.55 Å². The Hall–Kier alpha value is -0.910. The van der Waals surface area contributed by atoms with Gasteiger partial charge in [0.15, 0.2) is 0 Å². The van der Waals surface area contributed by atoms with E-state index in [4.69, 9.17) is 20.2 Å². The molecule has 2 atom stereocenters. The molecule has 17 heavy (non-hydrogen) atoms. The number of hydrogen-bond acceptors (Lipinski definition) is 4. The SMILES string of the molecule is Cn1c(C2COCCO2)nc2c1CCC(N)C2. The van der Waals surface area contributed by atoms with Gasteiger partial charge in [-0.2, -0.15) is 0 Å². The molecule has 2 N–H and O–H groups in total. The summed E-state index contributed by atoms with van der Waals surface area (Å²) < 4.78 is 13.3. The molecule has 0 radical (unpaired) electrons. The quantitative estimate of drug-likeness (QED) is 0.764. The summed E-state index contributed by atoms with van der Waals surface area (Å²) in [6.07, 6.45) is 2.94. The Morgan fingerprint density at radius 1 is 1.41 bits per heavy atom. The zero-order valence-corrected chi connectivity index (χ0v) is 10.2. The van der Waals surface area contributed by atoms with Crippen molar-refractivity contribution >= 4 is 0 Å². The van der Waals surface area contributed by atoms with E-state index in [-0.39, 0.29) is 12.1 Å². The number of hydrogen-bond donors (Lipinski definition) is 1. The molecule has 2 heterocycles. The van der Waals surface area contributed by atoms with Crippen molar-refractivity contribution in [2.45, 2.75) is 31.4 Å². The lowest BCUT2D eigenvalue weighted by molar-refractivity contribution is -0.0944. The lowest BCUT2D eigenvalue weighted by atomic mass is 9.97. The molecule has 0 saturated carbocycles. The largest absolute Gasteiger partial charge is 0.376 e. The standard InChI is InChI=1S/C12H19N3O2/c1-15-10-3-2-8(13)6-9(10)14-12(15)11-7-16-4-5-17-11/h8,11H,2-7,13H2,1H3. The van der Waals surface area contributed by atoms with Crippen molar-refractivity contribution in [3.63, 3.8) is 0 Å². The minimum atomic E-state index is -0.0180. The summed E-state index contributed by atoms with van der Waals surface area (Å²) in [5.41, 5.74) is 8.45. The summed E-state index contributed by atoms with van der Waals surface area (Å²) in [4.78, 5) is 4.70. The Bertz CT molecular complexity index is 410. The van der Waals surface area contributed by atoms with Gasteiger partial charge in [-0.3, -0.25) is 0 Å². The number of fused-ring (bicyclic) bond motifs is 1. The monoisotopic (exact) mass is 237 g/mol. The van der Waals surface area contributed by atoms with Crippen LogP contribution in [0.2, 0.25) is 0 Å². The van der Waals surface area contributed by atoms with Gasteiger partial charge in [-0.1, -0.05) is 0 Å². The number of rotatable bonds is 1. The molecule has 0 spiro atoms. The molecular formula is C12H19N3O2. The molecule has 1 aliphatic carbocycles. The number of imidazole rings is 1. The highest BCUT2D eigenvalue weighted by Crippen LogP contribution is 2.26. The van der Waals surface area contributed by atoms with E-state index in [9.17, 15) is 0 Å². The number of nitrogens with zero attached hydrogens (tertiary/aromatic N) is 2. The molecule has 94 valence electrons. The van der Waals surface area contributed by atoms with Gasteiger partial charge in [0.25, 0.3) is 0 Å². The number of ether oxygens (including phenoxy) is 2. The van der Waals surface area contributed by atoms with E-state index in [1.807, 2.05) is 0 Å². The van der Waals surface area contributed by atoms with E-state index in [0.29, 0.717) is 19.8 Å². The summed E-state index contributed by atoms with van der Waals surface area (Å²) in [5.74, 6) is 0.990. The van der Waals surface area contributed by atoms with Crippen LogP contribution in [0.5, 0.6) is 0 Å². The van der Waals surface area contributed by atoms with Gasteiger partial charge in [-0.15, -0.1) is 0 Å². The lowest BCUT2D eigenvalue weighted by Crippen LogP contribution is -2.28. The molecule has 2 unspecified atom stereocenters.